The Morgan fingerprint density at radius 1 is 0.929 bits per heavy atom. The topological polar surface area (TPSA) is 96.0 Å². The highest BCUT2D eigenvalue weighted by atomic mass is 32.2. The number of sulfonamides is 1. The standard InChI is InChI=1S/C33H41N3O5S/c1-24-12-10-13-25(2)32(24)36(42(4,39)40)23-31(37)35(22-27-16-11-19-29(20-27)41-3)30(21-26-14-6-5-7-15-26)33(38)34-28-17-8-9-18-28/h5-7,10-16,19-20,28,30H,8-9,17-18,21-23H2,1-4H3,(H,34,38). The van der Waals surface area contributed by atoms with Crippen molar-refractivity contribution in [1.82, 2.24) is 10.2 Å². The maximum absolute atomic E-state index is 14.3. The van der Waals surface area contributed by atoms with Gasteiger partial charge in [0.2, 0.25) is 21.8 Å². The Bertz CT molecular complexity index is 1470. The first-order valence-corrected chi connectivity index (χ1v) is 16.2. The molecular formula is C33H41N3O5S. The Kier molecular flexibility index (Phi) is 10.3. The first-order chi connectivity index (χ1) is 20.1. The predicted octanol–water partition coefficient (Wildman–Crippen LogP) is 4.78. The smallest absolute Gasteiger partial charge is 0.244 e. The van der Waals surface area contributed by atoms with E-state index in [0.717, 1.165) is 58.5 Å². The summed E-state index contributed by atoms with van der Waals surface area (Å²) in [6, 6.07) is 21.6. The Morgan fingerprint density at radius 3 is 2.17 bits per heavy atom. The van der Waals surface area contributed by atoms with Crippen LogP contribution in [0, 0.1) is 13.8 Å². The van der Waals surface area contributed by atoms with Gasteiger partial charge in [-0.05, 0) is 61.1 Å². The van der Waals surface area contributed by atoms with Crippen LogP contribution in [0.3, 0.4) is 0 Å². The zero-order valence-corrected chi connectivity index (χ0v) is 25.7. The fraction of sp³-hybridized carbons (Fsp3) is 0.394. The van der Waals surface area contributed by atoms with Crippen molar-refractivity contribution in [2.75, 3.05) is 24.2 Å². The van der Waals surface area contributed by atoms with Crippen molar-refractivity contribution in [1.29, 1.82) is 0 Å². The molecule has 1 aliphatic carbocycles. The summed E-state index contributed by atoms with van der Waals surface area (Å²) in [4.78, 5) is 29.8. The Balaban J connectivity index is 1.76. The van der Waals surface area contributed by atoms with Gasteiger partial charge in [0, 0.05) is 19.0 Å². The van der Waals surface area contributed by atoms with Crippen LogP contribution in [0.25, 0.3) is 0 Å². The summed E-state index contributed by atoms with van der Waals surface area (Å²) in [5.41, 5.74) is 3.64. The van der Waals surface area contributed by atoms with Gasteiger partial charge in [0.05, 0.1) is 19.1 Å². The minimum Gasteiger partial charge on any atom is -0.497 e. The number of nitrogens with zero attached hydrogens (tertiary/aromatic N) is 2. The maximum Gasteiger partial charge on any atom is 0.244 e. The fourth-order valence-corrected chi connectivity index (χ4v) is 6.63. The van der Waals surface area contributed by atoms with Gasteiger partial charge in [-0.15, -0.1) is 0 Å². The molecule has 0 aliphatic heterocycles. The summed E-state index contributed by atoms with van der Waals surface area (Å²) in [5.74, 6) is -0.0726. The van der Waals surface area contributed by atoms with Crippen molar-refractivity contribution in [3.05, 3.63) is 95.1 Å². The molecule has 3 aromatic rings. The lowest BCUT2D eigenvalue weighted by Crippen LogP contribution is -2.54. The molecule has 9 heteroatoms. The number of ether oxygens (including phenoxy) is 1. The lowest BCUT2D eigenvalue weighted by atomic mass is 10.0. The zero-order valence-electron chi connectivity index (χ0n) is 24.9. The molecule has 0 heterocycles. The number of nitrogens with one attached hydrogen (secondary N) is 1. The minimum absolute atomic E-state index is 0.0617. The molecule has 2 amide bonds. The highest BCUT2D eigenvalue weighted by Crippen LogP contribution is 2.28. The number of carbonyl (C=O) groups excluding carboxylic acids is 2. The Labute approximate surface area is 249 Å². The van der Waals surface area contributed by atoms with Crippen molar-refractivity contribution in [2.24, 2.45) is 0 Å². The molecule has 1 aliphatic rings. The number of carbonyl (C=O) groups is 2. The van der Waals surface area contributed by atoms with Crippen LogP contribution in [-0.4, -0.2) is 57.1 Å². The van der Waals surface area contributed by atoms with E-state index in [9.17, 15) is 18.0 Å². The first-order valence-electron chi connectivity index (χ1n) is 14.4. The molecule has 3 aromatic carbocycles. The number of amides is 2. The number of hydrogen-bond donors (Lipinski definition) is 1. The summed E-state index contributed by atoms with van der Waals surface area (Å²) in [7, 11) is -2.26. The van der Waals surface area contributed by atoms with E-state index < -0.39 is 28.5 Å². The molecule has 1 fully saturated rings. The fourth-order valence-electron chi connectivity index (χ4n) is 5.66. The van der Waals surface area contributed by atoms with Crippen LogP contribution < -0.4 is 14.4 Å². The van der Waals surface area contributed by atoms with Gasteiger partial charge in [0.15, 0.2) is 0 Å². The molecule has 0 spiro atoms. The molecule has 0 bridgehead atoms. The van der Waals surface area contributed by atoms with E-state index in [-0.39, 0.29) is 24.9 Å². The molecule has 8 nitrogen and oxygen atoms in total. The first kappa shape index (κ1) is 31.1. The number of benzene rings is 3. The summed E-state index contributed by atoms with van der Waals surface area (Å²) >= 11 is 0. The van der Waals surface area contributed by atoms with Gasteiger partial charge in [-0.1, -0.05) is 73.5 Å². The Hall–Kier alpha value is -3.85. The second-order valence-corrected chi connectivity index (χ2v) is 13.0. The van der Waals surface area contributed by atoms with E-state index in [0.29, 0.717) is 11.4 Å². The van der Waals surface area contributed by atoms with Crippen LogP contribution in [0.4, 0.5) is 5.69 Å². The molecular weight excluding hydrogens is 550 g/mol. The third kappa shape index (κ3) is 7.91. The number of hydrogen-bond acceptors (Lipinski definition) is 5. The van der Waals surface area contributed by atoms with E-state index in [1.54, 1.807) is 7.11 Å². The largest absolute Gasteiger partial charge is 0.497 e. The second-order valence-electron chi connectivity index (χ2n) is 11.1. The van der Waals surface area contributed by atoms with Crippen molar-refractivity contribution in [3.8, 4) is 5.75 Å². The minimum atomic E-state index is -3.83. The maximum atomic E-state index is 14.3. The molecule has 0 radical (unpaired) electrons. The third-order valence-electron chi connectivity index (χ3n) is 7.83. The van der Waals surface area contributed by atoms with Crippen molar-refractivity contribution in [2.45, 2.75) is 64.6 Å². The number of para-hydroxylation sites is 1. The lowest BCUT2D eigenvalue weighted by Gasteiger charge is -2.34. The van der Waals surface area contributed by atoms with E-state index in [1.807, 2.05) is 86.6 Å². The molecule has 0 aromatic heterocycles. The van der Waals surface area contributed by atoms with Gasteiger partial charge in [-0.25, -0.2) is 8.42 Å². The van der Waals surface area contributed by atoms with Gasteiger partial charge in [-0.3, -0.25) is 13.9 Å². The summed E-state index contributed by atoms with van der Waals surface area (Å²) < 4.78 is 32.8. The van der Waals surface area contributed by atoms with Gasteiger partial charge in [-0.2, -0.15) is 0 Å². The van der Waals surface area contributed by atoms with Gasteiger partial charge in [0.25, 0.3) is 0 Å². The van der Waals surface area contributed by atoms with Crippen LogP contribution in [0.15, 0.2) is 72.8 Å². The summed E-state index contributed by atoms with van der Waals surface area (Å²) in [5, 5.41) is 3.19. The van der Waals surface area contributed by atoms with Gasteiger partial charge < -0.3 is 15.0 Å². The van der Waals surface area contributed by atoms with Crippen LogP contribution in [0.5, 0.6) is 5.75 Å². The number of aryl methyl sites for hydroxylation is 2. The second kappa shape index (κ2) is 13.9. The van der Waals surface area contributed by atoms with Crippen LogP contribution >= 0.6 is 0 Å². The Morgan fingerprint density at radius 2 is 1.55 bits per heavy atom. The van der Waals surface area contributed by atoms with E-state index in [2.05, 4.69) is 5.32 Å². The van der Waals surface area contributed by atoms with Crippen molar-refractivity contribution in [3.63, 3.8) is 0 Å². The average molecular weight is 592 g/mol. The van der Waals surface area contributed by atoms with Gasteiger partial charge >= 0.3 is 0 Å². The quantitative estimate of drug-likeness (QED) is 0.327. The number of anilines is 1. The third-order valence-corrected chi connectivity index (χ3v) is 8.94. The average Bonchev–Trinajstić information content (AvgIpc) is 3.47. The van der Waals surface area contributed by atoms with E-state index in [4.69, 9.17) is 4.74 Å². The van der Waals surface area contributed by atoms with Crippen molar-refractivity contribution >= 4 is 27.5 Å². The summed E-state index contributed by atoms with van der Waals surface area (Å²) in [6.45, 7) is 3.32. The molecule has 1 saturated carbocycles. The predicted molar refractivity (Wildman–Crippen MR) is 166 cm³/mol. The van der Waals surface area contributed by atoms with E-state index in [1.165, 1.54) is 4.90 Å². The zero-order chi connectivity index (χ0) is 30.3. The van der Waals surface area contributed by atoms with Crippen LogP contribution in [-0.2, 0) is 32.6 Å². The SMILES string of the molecule is COc1cccc(CN(C(=O)CN(c2c(C)cccc2C)S(C)(=O)=O)C(Cc2ccccc2)C(=O)NC2CCCC2)c1. The molecule has 1 unspecified atom stereocenters. The molecule has 1 atom stereocenters. The monoisotopic (exact) mass is 591 g/mol. The van der Waals surface area contributed by atoms with Gasteiger partial charge in [0.1, 0.15) is 18.3 Å². The number of methoxy groups -OCH3 is 1. The summed E-state index contributed by atoms with van der Waals surface area (Å²) in [6.07, 6.45) is 5.31. The molecule has 224 valence electrons. The highest BCUT2D eigenvalue weighted by molar-refractivity contribution is 7.92. The lowest BCUT2D eigenvalue weighted by molar-refractivity contribution is -0.140. The van der Waals surface area contributed by atoms with Crippen LogP contribution in [0.1, 0.15) is 47.9 Å². The molecule has 42 heavy (non-hydrogen) atoms. The normalized spacial score (nSPS) is 14.3. The molecule has 0 saturated heterocycles. The highest BCUT2D eigenvalue weighted by Gasteiger charge is 2.34. The molecule has 1 N–H and O–H groups in total. The van der Waals surface area contributed by atoms with Crippen LogP contribution in [0.2, 0.25) is 0 Å². The van der Waals surface area contributed by atoms with E-state index >= 15 is 0 Å². The molecule has 4 rings (SSSR count). The van der Waals surface area contributed by atoms with Crippen molar-refractivity contribution < 1.29 is 22.7 Å². The number of rotatable bonds is 12.